The minimum absolute atomic E-state index is 0.0152. The molecule has 216 valence electrons. The number of hydrogen-bond donors (Lipinski definition) is 2. The molecule has 3 aliphatic rings. The van der Waals surface area contributed by atoms with Crippen LogP contribution in [0.2, 0.25) is 0 Å². The highest BCUT2D eigenvalue weighted by atomic mass is 32.2. The maximum absolute atomic E-state index is 11.9. The molecule has 1 saturated heterocycles. The molecule has 2 N–H and O–H groups in total. The van der Waals surface area contributed by atoms with Gasteiger partial charge in [-0.3, -0.25) is 24.3 Å². The molecule has 2 aliphatic carbocycles. The SMILES string of the molecule is CC1(C)C2CC[C@@]1(CS(=O)(=O)O)C(=O)C2.CN(CCOc1ccc(CC2SC(=O)NC2=O)cc1)c1ccccn1. The summed E-state index contributed by atoms with van der Waals surface area (Å²) < 4.78 is 36.7. The van der Waals surface area contributed by atoms with Crippen LogP contribution in [0.5, 0.6) is 5.75 Å². The summed E-state index contributed by atoms with van der Waals surface area (Å²) in [6.07, 6.45) is 4.27. The lowest BCUT2D eigenvalue weighted by Gasteiger charge is -2.35. The molecule has 3 fully saturated rings. The van der Waals surface area contributed by atoms with E-state index in [4.69, 9.17) is 9.29 Å². The molecule has 1 aromatic carbocycles. The number of amides is 2. The number of carbonyl (C=O) groups excluding carboxylic acids is 3. The Balaban J connectivity index is 0.000000210. The Kier molecular flexibility index (Phi) is 8.91. The molecule has 0 radical (unpaired) electrons. The van der Waals surface area contributed by atoms with Crippen molar-refractivity contribution >= 4 is 44.6 Å². The van der Waals surface area contributed by atoms with E-state index in [9.17, 15) is 22.8 Å². The lowest BCUT2D eigenvalue weighted by molar-refractivity contribution is -0.128. The van der Waals surface area contributed by atoms with E-state index in [2.05, 4.69) is 10.3 Å². The van der Waals surface area contributed by atoms with Crippen molar-refractivity contribution in [3.8, 4) is 5.75 Å². The number of ketones is 1. The van der Waals surface area contributed by atoms with Gasteiger partial charge in [0.15, 0.2) is 0 Å². The van der Waals surface area contributed by atoms with E-state index in [0.29, 0.717) is 25.9 Å². The van der Waals surface area contributed by atoms with E-state index in [-0.39, 0.29) is 33.5 Å². The van der Waals surface area contributed by atoms with Gasteiger partial charge in [0, 0.05) is 19.7 Å². The molecule has 5 rings (SSSR count). The van der Waals surface area contributed by atoms with Crippen LogP contribution >= 0.6 is 11.8 Å². The van der Waals surface area contributed by atoms with Crippen molar-refractivity contribution in [2.75, 3.05) is 30.9 Å². The van der Waals surface area contributed by atoms with Gasteiger partial charge in [-0.1, -0.05) is 43.8 Å². The van der Waals surface area contributed by atoms with Gasteiger partial charge in [-0.15, -0.1) is 0 Å². The van der Waals surface area contributed by atoms with Crippen LogP contribution in [-0.4, -0.2) is 66.1 Å². The first kappa shape index (κ1) is 30.0. The summed E-state index contributed by atoms with van der Waals surface area (Å²) in [6.45, 7) is 5.16. The molecular weight excluding hydrogens is 554 g/mol. The van der Waals surface area contributed by atoms with Crippen LogP contribution < -0.4 is 15.0 Å². The normalized spacial score (nSPS) is 24.9. The van der Waals surface area contributed by atoms with E-state index in [1.807, 2.05) is 68.3 Å². The maximum atomic E-state index is 11.9. The molecule has 0 spiro atoms. The summed E-state index contributed by atoms with van der Waals surface area (Å²) in [5, 5.41) is 1.69. The highest BCUT2D eigenvalue weighted by Crippen LogP contribution is 2.64. The Morgan fingerprint density at radius 1 is 1.15 bits per heavy atom. The molecule has 10 nitrogen and oxygen atoms in total. The number of aromatic nitrogens is 1. The summed E-state index contributed by atoms with van der Waals surface area (Å²) in [7, 11) is -2.10. The molecule has 2 bridgehead atoms. The summed E-state index contributed by atoms with van der Waals surface area (Å²) in [4.78, 5) is 41.0. The predicted molar refractivity (Wildman–Crippen MR) is 153 cm³/mol. The number of likely N-dealkylation sites (N-methyl/N-ethyl adjacent to an activating group) is 1. The van der Waals surface area contributed by atoms with Gasteiger partial charge in [-0.25, -0.2) is 4.98 Å². The van der Waals surface area contributed by atoms with Crippen molar-refractivity contribution in [1.82, 2.24) is 10.3 Å². The molecule has 3 atom stereocenters. The molecule has 2 heterocycles. The van der Waals surface area contributed by atoms with Crippen molar-refractivity contribution in [3.63, 3.8) is 0 Å². The number of carbonyl (C=O) groups is 3. The predicted octanol–water partition coefficient (Wildman–Crippen LogP) is 3.76. The smallest absolute Gasteiger partial charge is 0.286 e. The van der Waals surface area contributed by atoms with E-state index in [1.165, 1.54) is 0 Å². The van der Waals surface area contributed by atoms with E-state index >= 15 is 0 Å². The van der Waals surface area contributed by atoms with Crippen LogP contribution in [-0.2, 0) is 26.1 Å². The molecule has 2 aromatic rings. The minimum Gasteiger partial charge on any atom is -0.492 e. The van der Waals surface area contributed by atoms with Gasteiger partial charge in [-0.05, 0) is 60.4 Å². The number of Topliss-reactive ketones (excluding diaryl/α,β-unsaturated/α-hetero) is 1. The van der Waals surface area contributed by atoms with Gasteiger partial charge in [0.05, 0.1) is 23.0 Å². The highest BCUT2D eigenvalue weighted by Gasteiger charge is 2.65. The van der Waals surface area contributed by atoms with Crippen molar-refractivity contribution < 1.29 is 32.1 Å². The Morgan fingerprint density at radius 2 is 1.88 bits per heavy atom. The quantitative estimate of drug-likeness (QED) is 0.415. The summed E-state index contributed by atoms with van der Waals surface area (Å²) in [5.41, 5.74) is -0.120. The van der Waals surface area contributed by atoms with Crippen molar-refractivity contribution in [3.05, 3.63) is 54.2 Å². The number of imide groups is 1. The van der Waals surface area contributed by atoms with Crippen molar-refractivity contribution in [1.29, 1.82) is 0 Å². The summed E-state index contributed by atoms with van der Waals surface area (Å²) >= 11 is 1.05. The van der Waals surface area contributed by atoms with Gasteiger partial charge >= 0.3 is 0 Å². The number of pyridine rings is 1. The number of rotatable bonds is 9. The highest BCUT2D eigenvalue weighted by molar-refractivity contribution is 8.15. The van der Waals surface area contributed by atoms with Gasteiger partial charge < -0.3 is 9.64 Å². The first-order valence-corrected chi connectivity index (χ1v) is 15.6. The van der Waals surface area contributed by atoms with E-state index in [0.717, 1.165) is 41.9 Å². The molecule has 12 heteroatoms. The van der Waals surface area contributed by atoms with Gasteiger partial charge in [-0.2, -0.15) is 8.42 Å². The fourth-order valence-corrected chi connectivity index (χ4v) is 8.04. The second-order valence-electron chi connectivity index (χ2n) is 11.1. The summed E-state index contributed by atoms with van der Waals surface area (Å²) in [6, 6.07) is 13.4. The Labute approximate surface area is 239 Å². The topological polar surface area (TPSA) is 143 Å². The largest absolute Gasteiger partial charge is 0.492 e. The lowest BCUT2D eigenvalue weighted by Crippen LogP contribution is -2.42. The fourth-order valence-electron chi connectivity index (χ4n) is 5.88. The van der Waals surface area contributed by atoms with Crippen LogP contribution in [0.4, 0.5) is 10.6 Å². The van der Waals surface area contributed by atoms with Crippen molar-refractivity contribution in [2.24, 2.45) is 16.7 Å². The van der Waals surface area contributed by atoms with E-state index in [1.54, 1.807) is 6.20 Å². The minimum atomic E-state index is -4.08. The van der Waals surface area contributed by atoms with Crippen LogP contribution in [0.1, 0.15) is 38.7 Å². The maximum Gasteiger partial charge on any atom is 0.286 e. The first-order chi connectivity index (χ1) is 18.8. The molecule has 2 amide bonds. The number of thioether (sulfide) groups is 1. The Morgan fingerprint density at radius 3 is 2.40 bits per heavy atom. The lowest BCUT2D eigenvalue weighted by atomic mass is 9.70. The number of benzene rings is 1. The number of anilines is 1. The number of fused-ring (bicyclic) bond motifs is 2. The van der Waals surface area contributed by atoms with Gasteiger partial charge in [0.2, 0.25) is 5.91 Å². The molecule has 2 unspecified atom stereocenters. The first-order valence-electron chi connectivity index (χ1n) is 13.1. The van der Waals surface area contributed by atoms with Crippen LogP contribution in [0, 0.1) is 16.7 Å². The zero-order valence-corrected chi connectivity index (χ0v) is 24.5. The zero-order valence-electron chi connectivity index (χ0n) is 22.8. The third-order valence-corrected chi connectivity index (χ3v) is 10.3. The molecule has 40 heavy (non-hydrogen) atoms. The molecule has 1 aromatic heterocycles. The van der Waals surface area contributed by atoms with E-state index < -0.39 is 21.3 Å². The fraction of sp³-hybridized carbons (Fsp3) is 0.500. The van der Waals surface area contributed by atoms with Gasteiger partial charge in [0.25, 0.3) is 15.4 Å². The third kappa shape index (κ3) is 6.67. The number of nitrogens with zero attached hydrogens (tertiary/aromatic N) is 2. The standard InChI is InChI=1S/C18H19N3O3S.C10H16O4S/c1-21(16-4-2-3-9-19-16)10-11-24-14-7-5-13(6-8-14)12-15-17(22)20-18(23)25-15;1-9(2)7-3-4-10(9,8(11)5-7)6-15(12,13)14/h2-9,15H,10-12H2,1H3,(H,20,22,23);7H,3-6H2,1-2H3,(H,12,13,14)/t;7?,10-/m.1/s1. The van der Waals surface area contributed by atoms with Crippen LogP contribution in [0.3, 0.4) is 0 Å². The summed E-state index contributed by atoms with van der Waals surface area (Å²) in [5.74, 6) is 1.37. The average molecular weight is 590 g/mol. The second kappa shape index (κ2) is 11.9. The number of nitrogens with one attached hydrogen (secondary N) is 1. The monoisotopic (exact) mass is 589 g/mol. The second-order valence-corrected chi connectivity index (χ2v) is 13.7. The third-order valence-electron chi connectivity index (χ3n) is 8.42. The average Bonchev–Trinajstić information content (AvgIpc) is 3.40. The Bertz CT molecular complexity index is 1350. The molecule has 2 saturated carbocycles. The molecular formula is C28H35N3O7S2. The number of ether oxygens (including phenoxy) is 1. The molecule has 1 aliphatic heterocycles. The Hall–Kier alpha value is -2.96. The van der Waals surface area contributed by atoms with Crippen LogP contribution in [0.15, 0.2) is 48.7 Å². The van der Waals surface area contributed by atoms with Crippen LogP contribution in [0.25, 0.3) is 0 Å². The number of hydrogen-bond acceptors (Lipinski definition) is 9. The zero-order chi connectivity index (χ0) is 29.1. The van der Waals surface area contributed by atoms with Crippen molar-refractivity contribution in [2.45, 2.75) is 44.8 Å². The van der Waals surface area contributed by atoms with Gasteiger partial charge in [0.1, 0.15) is 24.0 Å².